The van der Waals surface area contributed by atoms with Gasteiger partial charge >= 0.3 is 0 Å². The summed E-state index contributed by atoms with van der Waals surface area (Å²) in [6.07, 6.45) is 5.43. The van der Waals surface area contributed by atoms with Crippen molar-refractivity contribution in [2.45, 2.75) is 38.6 Å². The van der Waals surface area contributed by atoms with E-state index in [9.17, 15) is 0 Å². The van der Waals surface area contributed by atoms with Crippen molar-refractivity contribution < 1.29 is 4.42 Å². The number of fused-ring (bicyclic) bond motifs is 1. The van der Waals surface area contributed by atoms with Crippen LogP contribution < -0.4 is 0 Å². The number of pyridine rings is 1. The number of furan rings is 1. The van der Waals surface area contributed by atoms with Gasteiger partial charge in [0.2, 0.25) is 0 Å². The van der Waals surface area contributed by atoms with Crippen molar-refractivity contribution >= 4 is 22.8 Å². The Balaban J connectivity index is 1.90. The van der Waals surface area contributed by atoms with E-state index in [1.54, 1.807) is 6.26 Å². The minimum Gasteiger partial charge on any atom is -0.469 e. The summed E-state index contributed by atoms with van der Waals surface area (Å²) < 4.78 is 7.54. The van der Waals surface area contributed by atoms with Gasteiger partial charge in [0.15, 0.2) is 5.65 Å². The first-order valence-electron chi connectivity index (χ1n) is 7.11. The van der Waals surface area contributed by atoms with E-state index in [1.807, 2.05) is 31.3 Å². The molecule has 1 unspecified atom stereocenters. The van der Waals surface area contributed by atoms with Crippen LogP contribution in [0.5, 0.6) is 0 Å². The largest absolute Gasteiger partial charge is 0.469 e. The van der Waals surface area contributed by atoms with Crippen molar-refractivity contribution in [3.63, 3.8) is 0 Å². The topological polar surface area (TPSA) is 43.9 Å². The van der Waals surface area contributed by atoms with E-state index in [4.69, 9.17) is 16.0 Å². The van der Waals surface area contributed by atoms with Crippen molar-refractivity contribution in [1.29, 1.82) is 0 Å². The Morgan fingerprint density at radius 3 is 3.00 bits per heavy atom. The average molecular weight is 304 g/mol. The van der Waals surface area contributed by atoms with E-state index in [0.717, 1.165) is 41.2 Å². The fraction of sp³-hybridized carbons (Fsp3) is 0.375. The van der Waals surface area contributed by atoms with Gasteiger partial charge in [-0.3, -0.25) is 0 Å². The van der Waals surface area contributed by atoms with E-state index in [2.05, 4.69) is 21.5 Å². The molecule has 0 amide bonds. The molecular weight excluding hydrogens is 286 g/mol. The van der Waals surface area contributed by atoms with Gasteiger partial charge in [0.25, 0.3) is 0 Å². The molecular formula is C16H18ClN3O. The molecule has 3 rings (SSSR count). The van der Waals surface area contributed by atoms with Crippen LogP contribution in [0.3, 0.4) is 0 Å². The second-order valence-corrected chi connectivity index (χ2v) is 5.62. The molecule has 0 aliphatic rings. The first kappa shape index (κ1) is 14.1. The molecule has 4 nitrogen and oxygen atoms in total. The predicted octanol–water partition coefficient (Wildman–Crippen LogP) is 4.27. The van der Waals surface area contributed by atoms with Gasteiger partial charge in [0, 0.05) is 18.7 Å². The maximum absolute atomic E-state index is 6.06. The third kappa shape index (κ3) is 2.81. The quantitative estimate of drug-likeness (QED) is 0.661. The third-order valence-corrected chi connectivity index (χ3v) is 3.93. The van der Waals surface area contributed by atoms with Crippen molar-refractivity contribution in [3.8, 4) is 0 Å². The molecule has 3 aromatic rings. The number of alkyl halides is 1. The Morgan fingerprint density at radius 1 is 1.43 bits per heavy atom. The lowest BCUT2D eigenvalue weighted by atomic mass is 10.1. The lowest BCUT2D eigenvalue weighted by Gasteiger charge is -2.15. The summed E-state index contributed by atoms with van der Waals surface area (Å²) in [6.45, 7) is 4.19. The van der Waals surface area contributed by atoms with Gasteiger partial charge < -0.3 is 8.98 Å². The smallest absolute Gasteiger partial charge is 0.160 e. The second-order valence-electron chi connectivity index (χ2n) is 5.35. The van der Waals surface area contributed by atoms with Gasteiger partial charge in [0.05, 0.1) is 12.1 Å². The van der Waals surface area contributed by atoms with Gasteiger partial charge in [0.1, 0.15) is 17.1 Å². The van der Waals surface area contributed by atoms with Gasteiger partial charge in [-0.15, -0.1) is 11.6 Å². The number of imidazole rings is 1. The van der Waals surface area contributed by atoms with Crippen LogP contribution in [0.4, 0.5) is 0 Å². The van der Waals surface area contributed by atoms with Crippen LogP contribution in [0.25, 0.3) is 11.2 Å². The highest BCUT2D eigenvalue weighted by molar-refractivity contribution is 6.16. The summed E-state index contributed by atoms with van der Waals surface area (Å²) in [7, 11) is 0. The molecule has 0 saturated carbocycles. The third-order valence-electron chi connectivity index (χ3n) is 3.69. The maximum atomic E-state index is 6.06. The Hall–Kier alpha value is -1.81. The zero-order chi connectivity index (χ0) is 14.8. The summed E-state index contributed by atoms with van der Waals surface area (Å²) in [5.41, 5.74) is 2.93. The normalized spacial score (nSPS) is 12.9. The maximum Gasteiger partial charge on any atom is 0.160 e. The molecule has 0 aliphatic heterocycles. The second kappa shape index (κ2) is 5.90. The minimum absolute atomic E-state index is 0.268. The lowest BCUT2D eigenvalue weighted by Crippen LogP contribution is -2.10. The molecule has 0 saturated heterocycles. The molecule has 21 heavy (non-hydrogen) atoms. The number of halogens is 1. The molecule has 5 heteroatoms. The van der Waals surface area contributed by atoms with E-state index in [1.165, 1.54) is 0 Å². The van der Waals surface area contributed by atoms with Crippen LogP contribution in [0.1, 0.15) is 36.5 Å². The van der Waals surface area contributed by atoms with Crippen molar-refractivity contribution in [1.82, 2.24) is 14.5 Å². The molecule has 3 heterocycles. The number of nitrogens with zero attached hydrogens (tertiary/aromatic N) is 3. The zero-order valence-corrected chi connectivity index (χ0v) is 13.0. The fourth-order valence-corrected chi connectivity index (χ4v) is 2.81. The molecule has 3 aromatic heterocycles. The number of rotatable bonds is 5. The molecule has 0 spiro atoms. The summed E-state index contributed by atoms with van der Waals surface area (Å²) in [5, 5.41) is 0. The summed E-state index contributed by atoms with van der Waals surface area (Å²) >= 11 is 6.06. The molecule has 0 aliphatic carbocycles. The molecule has 1 atom stereocenters. The number of hydrogen-bond donors (Lipinski definition) is 0. The Labute approximate surface area is 128 Å². The lowest BCUT2D eigenvalue weighted by molar-refractivity contribution is 0.451. The molecule has 0 aromatic carbocycles. The monoisotopic (exact) mass is 303 g/mol. The molecule has 110 valence electrons. The van der Waals surface area contributed by atoms with Gasteiger partial charge in [-0.05, 0) is 44.0 Å². The van der Waals surface area contributed by atoms with Crippen LogP contribution in [-0.4, -0.2) is 14.5 Å². The fourth-order valence-electron chi connectivity index (χ4n) is 2.62. The van der Waals surface area contributed by atoms with Gasteiger partial charge in [-0.25, -0.2) is 9.97 Å². The van der Waals surface area contributed by atoms with Crippen molar-refractivity contribution in [2.75, 3.05) is 0 Å². The van der Waals surface area contributed by atoms with Gasteiger partial charge in [-0.2, -0.15) is 0 Å². The molecule has 0 N–H and O–H groups in total. The zero-order valence-electron chi connectivity index (χ0n) is 12.2. The first-order valence-corrected chi connectivity index (χ1v) is 7.64. The van der Waals surface area contributed by atoms with E-state index < -0.39 is 0 Å². The van der Waals surface area contributed by atoms with Crippen LogP contribution in [0.2, 0.25) is 0 Å². The summed E-state index contributed by atoms with van der Waals surface area (Å²) in [4.78, 5) is 9.14. The average Bonchev–Trinajstić information content (AvgIpc) is 3.11. The van der Waals surface area contributed by atoms with Crippen LogP contribution in [0.15, 0.2) is 35.1 Å². The van der Waals surface area contributed by atoms with E-state index in [0.29, 0.717) is 5.88 Å². The van der Waals surface area contributed by atoms with E-state index >= 15 is 0 Å². The Bertz CT molecular complexity index is 733. The number of aryl methyl sites for hydroxylation is 2. The number of hydrogen-bond acceptors (Lipinski definition) is 3. The molecule has 0 fully saturated rings. The van der Waals surface area contributed by atoms with Crippen LogP contribution in [0, 0.1) is 6.92 Å². The van der Waals surface area contributed by atoms with Crippen molar-refractivity contribution in [3.05, 3.63) is 47.8 Å². The standard InChI is InChI=1S/C16H18ClN3O/c1-11-8-14-16(18-10-11)20(15(9-17)19-14)12(2)5-6-13-4-3-7-21-13/h3-4,7-8,10,12H,5-6,9H2,1-2H3. The van der Waals surface area contributed by atoms with Crippen LogP contribution in [-0.2, 0) is 12.3 Å². The minimum atomic E-state index is 0.268. The highest BCUT2D eigenvalue weighted by atomic mass is 35.5. The van der Waals surface area contributed by atoms with Crippen molar-refractivity contribution in [2.24, 2.45) is 0 Å². The SMILES string of the molecule is Cc1cnc2c(c1)nc(CCl)n2C(C)CCc1ccco1. The van der Waals surface area contributed by atoms with Crippen LogP contribution >= 0.6 is 11.6 Å². The first-order chi connectivity index (χ1) is 10.2. The summed E-state index contributed by atoms with van der Waals surface area (Å²) in [5.74, 6) is 2.26. The highest BCUT2D eigenvalue weighted by Gasteiger charge is 2.16. The molecule has 0 bridgehead atoms. The van der Waals surface area contributed by atoms with Gasteiger partial charge in [-0.1, -0.05) is 0 Å². The predicted molar refractivity (Wildman–Crippen MR) is 83.6 cm³/mol. The molecule has 0 radical (unpaired) electrons. The Morgan fingerprint density at radius 2 is 2.29 bits per heavy atom. The number of aromatic nitrogens is 3. The summed E-state index contributed by atoms with van der Waals surface area (Å²) in [6, 6.07) is 6.24. The Kier molecular flexibility index (Phi) is 3.97. The highest BCUT2D eigenvalue weighted by Crippen LogP contribution is 2.24. The van der Waals surface area contributed by atoms with E-state index in [-0.39, 0.29) is 6.04 Å².